The van der Waals surface area contributed by atoms with Gasteiger partial charge >= 0.3 is 0 Å². The minimum Gasteiger partial charge on any atom is -0.312 e. The molecule has 16 heavy (non-hydrogen) atoms. The first kappa shape index (κ1) is 10.6. The number of aliphatic imine (C=N–C) groups is 1. The molecule has 0 aromatic heterocycles. The Bertz CT molecular complexity index is 476. The van der Waals surface area contributed by atoms with Crippen molar-refractivity contribution in [1.29, 1.82) is 0 Å². The van der Waals surface area contributed by atoms with Crippen LogP contribution in [0.4, 0.5) is 11.4 Å². The largest absolute Gasteiger partial charge is 0.312 e. The standard InChI is InChI=1S/C12H12N2O2/c1-2-14-11-5-4-10(13-8-15)7-9(11)3-6-12(14)16/h4-5,7H,2-3,6H2,1H3. The molecule has 1 aliphatic rings. The number of aryl methyl sites for hydroxylation is 1. The lowest BCUT2D eigenvalue weighted by Crippen LogP contribution is -2.34. The minimum atomic E-state index is 0.154. The molecule has 2 rings (SSSR count). The summed E-state index contributed by atoms with van der Waals surface area (Å²) in [5.41, 5.74) is 2.60. The Morgan fingerprint density at radius 2 is 2.25 bits per heavy atom. The van der Waals surface area contributed by atoms with E-state index in [4.69, 9.17) is 0 Å². The number of carbonyl (C=O) groups excluding carboxylic acids is 2. The van der Waals surface area contributed by atoms with Gasteiger partial charge in [-0.25, -0.2) is 4.79 Å². The molecule has 0 radical (unpaired) electrons. The van der Waals surface area contributed by atoms with E-state index in [0.29, 0.717) is 25.1 Å². The molecular formula is C12H12N2O2. The maximum absolute atomic E-state index is 11.6. The lowest BCUT2D eigenvalue weighted by Gasteiger charge is -2.28. The molecule has 1 heterocycles. The quantitative estimate of drug-likeness (QED) is 0.560. The van der Waals surface area contributed by atoms with E-state index in [0.717, 1.165) is 11.3 Å². The van der Waals surface area contributed by atoms with E-state index >= 15 is 0 Å². The van der Waals surface area contributed by atoms with E-state index in [-0.39, 0.29) is 5.91 Å². The molecule has 0 saturated carbocycles. The molecule has 0 saturated heterocycles. The van der Waals surface area contributed by atoms with Crippen LogP contribution in [-0.4, -0.2) is 18.5 Å². The van der Waals surface area contributed by atoms with Crippen molar-refractivity contribution >= 4 is 23.4 Å². The SMILES string of the molecule is CCN1C(=O)CCc2cc(N=C=O)ccc21. The van der Waals surface area contributed by atoms with Gasteiger partial charge in [-0.3, -0.25) is 4.79 Å². The van der Waals surface area contributed by atoms with Gasteiger partial charge in [-0.1, -0.05) is 0 Å². The summed E-state index contributed by atoms with van der Waals surface area (Å²) in [6.07, 6.45) is 2.76. The smallest absolute Gasteiger partial charge is 0.240 e. The predicted octanol–water partition coefficient (Wildman–Crippen LogP) is 1.95. The highest BCUT2D eigenvalue weighted by Crippen LogP contribution is 2.30. The highest BCUT2D eigenvalue weighted by molar-refractivity contribution is 5.96. The number of anilines is 1. The summed E-state index contributed by atoms with van der Waals surface area (Å²) in [4.78, 5) is 27.1. The van der Waals surface area contributed by atoms with E-state index in [9.17, 15) is 9.59 Å². The van der Waals surface area contributed by atoms with Crippen molar-refractivity contribution in [2.45, 2.75) is 19.8 Å². The summed E-state index contributed by atoms with van der Waals surface area (Å²) >= 11 is 0. The monoisotopic (exact) mass is 216 g/mol. The molecule has 0 bridgehead atoms. The first-order valence-electron chi connectivity index (χ1n) is 5.27. The molecule has 82 valence electrons. The van der Waals surface area contributed by atoms with Crippen molar-refractivity contribution in [2.24, 2.45) is 4.99 Å². The Morgan fingerprint density at radius 1 is 1.44 bits per heavy atom. The van der Waals surface area contributed by atoms with Gasteiger partial charge in [0.2, 0.25) is 12.0 Å². The first-order valence-corrected chi connectivity index (χ1v) is 5.27. The van der Waals surface area contributed by atoms with E-state index in [1.54, 1.807) is 11.0 Å². The van der Waals surface area contributed by atoms with Crippen molar-refractivity contribution in [3.8, 4) is 0 Å². The number of nitrogens with zero attached hydrogens (tertiary/aromatic N) is 2. The van der Waals surface area contributed by atoms with Crippen molar-refractivity contribution in [2.75, 3.05) is 11.4 Å². The Balaban J connectivity index is 2.45. The summed E-state index contributed by atoms with van der Waals surface area (Å²) in [5.74, 6) is 0.154. The maximum atomic E-state index is 11.6. The van der Waals surface area contributed by atoms with Crippen LogP contribution in [0.1, 0.15) is 18.9 Å². The average Bonchev–Trinajstić information content (AvgIpc) is 2.30. The van der Waals surface area contributed by atoms with Crippen LogP contribution in [0.2, 0.25) is 0 Å². The van der Waals surface area contributed by atoms with Crippen molar-refractivity contribution in [1.82, 2.24) is 0 Å². The van der Waals surface area contributed by atoms with Gasteiger partial charge in [0, 0.05) is 18.7 Å². The van der Waals surface area contributed by atoms with Crippen LogP contribution in [0, 0.1) is 0 Å². The van der Waals surface area contributed by atoms with E-state index < -0.39 is 0 Å². The number of rotatable bonds is 2. The molecular weight excluding hydrogens is 204 g/mol. The zero-order valence-corrected chi connectivity index (χ0v) is 9.06. The first-order chi connectivity index (χ1) is 7.76. The number of fused-ring (bicyclic) bond motifs is 1. The molecule has 0 fully saturated rings. The van der Waals surface area contributed by atoms with E-state index in [2.05, 4.69) is 4.99 Å². The summed E-state index contributed by atoms with van der Waals surface area (Å²) in [5, 5.41) is 0. The highest BCUT2D eigenvalue weighted by atomic mass is 16.2. The number of hydrogen-bond donors (Lipinski definition) is 0. The molecule has 1 amide bonds. The molecule has 4 nitrogen and oxygen atoms in total. The Labute approximate surface area is 93.6 Å². The zero-order valence-electron chi connectivity index (χ0n) is 9.06. The van der Waals surface area contributed by atoms with Crippen LogP contribution >= 0.6 is 0 Å². The molecule has 1 aromatic carbocycles. The van der Waals surface area contributed by atoms with Crippen molar-refractivity contribution in [3.05, 3.63) is 23.8 Å². The molecule has 0 atom stereocenters. The Kier molecular flexibility index (Phi) is 2.84. The van der Waals surface area contributed by atoms with Gasteiger partial charge in [0.25, 0.3) is 0 Å². The van der Waals surface area contributed by atoms with E-state index in [1.165, 1.54) is 6.08 Å². The Hall–Kier alpha value is -1.93. The molecule has 4 heteroatoms. The van der Waals surface area contributed by atoms with Crippen LogP contribution in [0.25, 0.3) is 0 Å². The predicted molar refractivity (Wildman–Crippen MR) is 60.6 cm³/mol. The van der Waals surface area contributed by atoms with Crippen LogP contribution in [0.3, 0.4) is 0 Å². The fourth-order valence-corrected chi connectivity index (χ4v) is 2.02. The molecule has 1 aliphatic heterocycles. The molecule has 1 aromatic rings. The van der Waals surface area contributed by atoms with Gasteiger partial charge in [0.1, 0.15) is 0 Å². The van der Waals surface area contributed by atoms with Gasteiger partial charge in [-0.2, -0.15) is 4.99 Å². The zero-order chi connectivity index (χ0) is 11.5. The van der Waals surface area contributed by atoms with Gasteiger partial charge in [-0.15, -0.1) is 0 Å². The molecule has 0 N–H and O–H groups in total. The summed E-state index contributed by atoms with van der Waals surface area (Å²) < 4.78 is 0. The number of amides is 1. The summed E-state index contributed by atoms with van der Waals surface area (Å²) in [7, 11) is 0. The highest BCUT2D eigenvalue weighted by Gasteiger charge is 2.22. The van der Waals surface area contributed by atoms with Gasteiger partial charge < -0.3 is 4.90 Å². The average molecular weight is 216 g/mol. The van der Waals surface area contributed by atoms with Gasteiger partial charge in [0.05, 0.1) is 5.69 Å². The second kappa shape index (κ2) is 4.29. The summed E-state index contributed by atoms with van der Waals surface area (Å²) in [6.45, 7) is 2.62. The lowest BCUT2D eigenvalue weighted by atomic mass is 10.0. The third-order valence-corrected chi connectivity index (χ3v) is 2.75. The third kappa shape index (κ3) is 1.75. The normalized spacial score (nSPS) is 14.3. The van der Waals surface area contributed by atoms with Crippen molar-refractivity contribution < 1.29 is 9.59 Å². The minimum absolute atomic E-state index is 0.154. The second-order valence-electron chi connectivity index (χ2n) is 3.65. The number of carbonyl (C=O) groups is 1. The maximum Gasteiger partial charge on any atom is 0.240 e. The van der Waals surface area contributed by atoms with Crippen molar-refractivity contribution in [3.63, 3.8) is 0 Å². The van der Waals surface area contributed by atoms with Gasteiger partial charge in [0.15, 0.2) is 0 Å². The molecule has 0 aliphatic carbocycles. The topological polar surface area (TPSA) is 49.7 Å². The second-order valence-corrected chi connectivity index (χ2v) is 3.65. The Morgan fingerprint density at radius 3 is 2.94 bits per heavy atom. The van der Waals surface area contributed by atoms with E-state index in [1.807, 2.05) is 19.1 Å². The van der Waals surface area contributed by atoms with Gasteiger partial charge in [-0.05, 0) is 37.1 Å². The third-order valence-electron chi connectivity index (χ3n) is 2.75. The fraction of sp³-hybridized carbons (Fsp3) is 0.333. The molecule has 0 unspecified atom stereocenters. The van der Waals surface area contributed by atoms with Crippen LogP contribution in [0.15, 0.2) is 23.2 Å². The fourth-order valence-electron chi connectivity index (χ4n) is 2.02. The van der Waals surface area contributed by atoms with Crippen LogP contribution in [0.5, 0.6) is 0 Å². The molecule has 0 spiro atoms. The number of isocyanates is 1. The lowest BCUT2D eigenvalue weighted by molar-refractivity contribution is -0.118. The number of hydrogen-bond acceptors (Lipinski definition) is 3. The van der Waals surface area contributed by atoms with Crippen LogP contribution in [-0.2, 0) is 16.0 Å². The number of benzene rings is 1. The van der Waals surface area contributed by atoms with Crippen LogP contribution < -0.4 is 4.90 Å². The summed E-state index contributed by atoms with van der Waals surface area (Å²) in [6, 6.07) is 5.41.